The van der Waals surface area contributed by atoms with Crippen LogP contribution in [0.4, 0.5) is 5.69 Å². The van der Waals surface area contributed by atoms with Crippen molar-refractivity contribution in [2.45, 2.75) is 6.92 Å². The smallest absolute Gasteiger partial charge is 0.264 e. The predicted molar refractivity (Wildman–Crippen MR) is 94.0 cm³/mol. The molecular formula is C15H11BrN2OS2. The number of amidine groups is 1. The molecule has 1 fully saturated rings. The number of amides is 1. The first kappa shape index (κ1) is 14.6. The number of nitrogens with zero attached hydrogens (tertiary/aromatic N) is 1. The van der Waals surface area contributed by atoms with Crippen LogP contribution in [0, 0.1) is 6.92 Å². The molecule has 1 amide bonds. The van der Waals surface area contributed by atoms with E-state index in [-0.39, 0.29) is 5.91 Å². The molecule has 21 heavy (non-hydrogen) atoms. The maximum atomic E-state index is 12.0. The summed E-state index contributed by atoms with van der Waals surface area (Å²) in [6.45, 7) is 2.03. The average Bonchev–Trinajstić information content (AvgIpc) is 3.00. The lowest BCUT2D eigenvalue weighted by atomic mass is 10.2. The number of carbonyl (C=O) groups is 1. The normalized spacial score (nSPS) is 18.5. The van der Waals surface area contributed by atoms with Gasteiger partial charge in [-0.15, -0.1) is 11.3 Å². The lowest BCUT2D eigenvalue weighted by Gasteiger charge is -1.96. The zero-order valence-corrected chi connectivity index (χ0v) is 14.3. The molecule has 0 saturated carbocycles. The minimum Gasteiger partial charge on any atom is -0.300 e. The van der Waals surface area contributed by atoms with Gasteiger partial charge in [-0.25, -0.2) is 4.99 Å². The summed E-state index contributed by atoms with van der Waals surface area (Å²) in [7, 11) is 0. The van der Waals surface area contributed by atoms with E-state index in [4.69, 9.17) is 0 Å². The van der Waals surface area contributed by atoms with Gasteiger partial charge in [-0.05, 0) is 58.9 Å². The molecule has 1 aliphatic rings. The Morgan fingerprint density at radius 3 is 2.71 bits per heavy atom. The van der Waals surface area contributed by atoms with E-state index in [2.05, 4.69) is 26.2 Å². The Labute approximate surface area is 139 Å². The zero-order valence-electron chi connectivity index (χ0n) is 11.1. The number of thiophene rings is 1. The molecule has 0 radical (unpaired) electrons. The van der Waals surface area contributed by atoms with E-state index in [0.29, 0.717) is 10.1 Å². The summed E-state index contributed by atoms with van der Waals surface area (Å²) >= 11 is 6.36. The van der Waals surface area contributed by atoms with Crippen LogP contribution >= 0.6 is 39.0 Å². The number of hydrogen-bond acceptors (Lipinski definition) is 4. The van der Waals surface area contributed by atoms with E-state index in [1.165, 1.54) is 17.3 Å². The highest BCUT2D eigenvalue weighted by Crippen LogP contribution is 2.30. The molecule has 1 aromatic carbocycles. The van der Waals surface area contributed by atoms with E-state index in [9.17, 15) is 4.79 Å². The largest absolute Gasteiger partial charge is 0.300 e. The fraction of sp³-hybridized carbons (Fsp3) is 0.0667. The quantitative estimate of drug-likeness (QED) is 0.768. The second-order valence-corrected chi connectivity index (χ2v) is 7.37. The third kappa shape index (κ3) is 3.64. The lowest BCUT2D eigenvalue weighted by molar-refractivity contribution is -0.115. The highest BCUT2D eigenvalue weighted by atomic mass is 79.9. The van der Waals surface area contributed by atoms with Crippen molar-refractivity contribution < 1.29 is 4.79 Å². The Bertz CT molecular complexity index is 747. The Kier molecular flexibility index (Phi) is 4.28. The van der Waals surface area contributed by atoms with Crippen molar-refractivity contribution in [1.82, 2.24) is 5.32 Å². The van der Waals surface area contributed by atoms with Gasteiger partial charge < -0.3 is 5.32 Å². The molecule has 0 aliphatic carbocycles. The molecule has 1 aliphatic heterocycles. The SMILES string of the molecule is Cc1ccc(N=C2NC(=O)/C(=C\c3cc(Br)cs3)S2)cc1. The fourth-order valence-corrected chi connectivity index (χ4v) is 4.03. The molecule has 6 heteroatoms. The zero-order chi connectivity index (χ0) is 14.8. The van der Waals surface area contributed by atoms with Crippen molar-refractivity contribution in [3.05, 3.63) is 55.5 Å². The molecule has 106 valence electrons. The second kappa shape index (κ2) is 6.17. The summed E-state index contributed by atoms with van der Waals surface area (Å²) in [5, 5.41) is 5.40. The maximum Gasteiger partial charge on any atom is 0.264 e. The first-order valence-electron chi connectivity index (χ1n) is 6.20. The van der Waals surface area contributed by atoms with E-state index in [0.717, 1.165) is 15.0 Å². The van der Waals surface area contributed by atoms with Crippen LogP contribution in [0.3, 0.4) is 0 Å². The Hall–Kier alpha value is -1.37. The number of thioether (sulfide) groups is 1. The van der Waals surface area contributed by atoms with Crippen LogP contribution in [-0.4, -0.2) is 11.1 Å². The number of halogens is 1. The van der Waals surface area contributed by atoms with Crippen molar-refractivity contribution in [3.8, 4) is 0 Å². The van der Waals surface area contributed by atoms with Crippen molar-refractivity contribution in [2.24, 2.45) is 4.99 Å². The van der Waals surface area contributed by atoms with Crippen molar-refractivity contribution in [3.63, 3.8) is 0 Å². The van der Waals surface area contributed by atoms with Crippen molar-refractivity contribution >= 4 is 61.9 Å². The number of nitrogens with one attached hydrogen (secondary N) is 1. The van der Waals surface area contributed by atoms with Crippen LogP contribution in [-0.2, 0) is 4.79 Å². The second-order valence-electron chi connectivity index (χ2n) is 4.48. The summed E-state index contributed by atoms with van der Waals surface area (Å²) in [5.74, 6) is -0.101. The van der Waals surface area contributed by atoms with Crippen molar-refractivity contribution in [1.29, 1.82) is 0 Å². The lowest BCUT2D eigenvalue weighted by Crippen LogP contribution is -2.19. The van der Waals surface area contributed by atoms with E-state index < -0.39 is 0 Å². The summed E-state index contributed by atoms with van der Waals surface area (Å²) in [4.78, 5) is 18.1. The monoisotopic (exact) mass is 378 g/mol. The average molecular weight is 379 g/mol. The first-order valence-corrected chi connectivity index (χ1v) is 8.69. The van der Waals surface area contributed by atoms with Gasteiger partial charge in [0, 0.05) is 14.7 Å². The summed E-state index contributed by atoms with van der Waals surface area (Å²) in [6.07, 6.45) is 1.88. The number of aliphatic imine (C=N–C) groups is 1. The van der Waals surface area contributed by atoms with Crippen LogP contribution in [0.25, 0.3) is 6.08 Å². The standard InChI is InChI=1S/C15H11BrN2OS2/c1-9-2-4-11(5-3-9)17-15-18-14(19)13(21-15)7-12-6-10(16)8-20-12/h2-8H,1H3,(H,17,18,19)/b13-7+. The third-order valence-electron chi connectivity index (χ3n) is 2.78. The highest BCUT2D eigenvalue weighted by Gasteiger charge is 2.23. The van der Waals surface area contributed by atoms with Crippen LogP contribution < -0.4 is 5.32 Å². The molecule has 0 spiro atoms. The summed E-state index contributed by atoms with van der Waals surface area (Å²) in [6, 6.07) is 9.86. The van der Waals surface area contributed by atoms with E-state index in [1.807, 2.05) is 48.7 Å². The van der Waals surface area contributed by atoms with E-state index >= 15 is 0 Å². The van der Waals surface area contributed by atoms with Gasteiger partial charge in [-0.3, -0.25) is 4.79 Å². The first-order chi connectivity index (χ1) is 10.1. The molecular weight excluding hydrogens is 368 g/mol. The van der Waals surface area contributed by atoms with Gasteiger partial charge in [-0.1, -0.05) is 17.7 Å². The molecule has 3 nitrogen and oxygen atoms in total. The van der Waals surface area contributed by atoms with Crippen LogP contribution in [0.1, 0.15) is 10.4 Å². The molecule has 1 aromatic heterocycles. The van der Waals surface area contributed by atoms with Gasteiger partial charge >= 0.3 is 0 Å². The molecule has 0 bridgehead atoms. The fourth-order valence-electron chi connectivity index (χ4n) is 1.75. The molecule has 3 rings (SSSR count). The van der Waals surface area contributed by atoms with Gasteiger partial charge in [0.2, 0.25) is 0 Å². The molecule has 2 heterocycles. The van der Waals surface area contributed by atoms with Crippen molar-refractivity contribution in [2.75, 3.05) is 0 Å². The van der Waals surface area contributed by atoms with Crippen LogP contribution in [0.5, 0.6) is 0 Å². The Balaban J connectivity index is 1.81. The summed E-state index contributed by atoms with van der Waals surface area (Å²) in [5.41, 5.74) is 2.02. The number of aryl methyl sites for hydroxylation is 1. The number of benzene rings is 1. The highest BCUT2D eigenvalue weighted by molar-refractivity contribution is 9.10. The maximum absolute atomic E-state index is 12.0. The number of carbonyl (C=O) groups excluding carboxylic acids is 1. The van der Waals surface area contributed by atoms with Gasteiger partial charge in [0.15, 0.2) is 5.17 Å². The number of rotatable bonds is 2. The van der Waals surface area contributed by atoms with Gasteiger partial charge in [0.05, 0.1) is 10.6 Å². The van der Waals surface area contributed by atoms with Gasteiger partial charge in [0.1, 0.15) is 0 Å². The van der Waals surface area contributed by atoms with Gasteiger partial charge in [0.25, 0.3) is 5.91 Å². The minimum atomic E-state index is -0.101. The topological polar surface area (TPSA) is 41.5 Å². The minimum absolute atomic E-state index is 0.101. The molecule has 0 unspecified atom stereocenters. The van der Waals surface area contributed by atoms with E-state index in [1.54, 1.807) is 11.3 Å². The Morgan fingerprint density at radius 2 is 2.05 bits per heavy atom. The Morgan fingerprint density at radius 1 is 1.29 bits per heavy atom. The predicted octanol–water partition coefficient (Wildman–Crippen LogP) is 4.71. The molecule has 0 atom stereocenters. The molecule has 1 saturated heterocycles. The van der Waals surface area contributed by atoms with Crippen LogP contribution in [0.15, 0.2) is 50.1 Å². The molecule has 1 N–H and O–H groups in total. The number of hydrogen-bond donors (Lipinski definition) is 1. The van der Waals surface area contributed by atoms with Crippen LogP contribution in [0.2, 0.25) is 0 Å². The summed E-state index contributed by atoms with van der Waals surface area (Å²) < 4.78 is 1.02. The van der Waals surface area contributed by atoms with Gasteiger partial charge in [-0.2, -0.15) is 0 Å². The molecule has 2 aromatic rings. The third-order valence-corrected chi connectivity index (χ3v) is 5.33.